The molecule has 3 aromatic rings. The van der Waals surface area contributed by atoms with Crippen LogP contribution in [0.1, 0.15) is 41.4 Å². The first-order valence-electron chi connectivity index (χ1n) is 8.96. The molecule has 0 radical (unpaired) electrons. The first kappa shape index (κ1) is 19.1. The van der Waals surface area contributed by atoms with Gasteiger partial charge in [-0.15, -0.1) is 0 Å². The molecule has 0 saturated heterocycles. The molecule has 0 bridgehead atoms. The van der Waals surface area contributed by atoms with Gasteiger partial charge in [0.1, 0.15) is 22.7 Å². The predicted molar refractivity (Wildman–Crippen MR) is 100 cm³/mol. The van der Waals surface area contributed by atoms with Crippen LogP contribution in [0.3, 0.4) is 0 Å². The van der Waals surface area contributed by atoms with Crippen molar-refractivity contribution in [2.24, 2.45) is 5.73 Å². The molecule has 0 spiro atoms. The van der Waals surface area contributed by atoms with E-state index in [1.807, 2.05) is 0 Å². The molecule has 1 aromatic carbocycles. The summed E-state index contributed by atoms with van der Waals surface area (Å²) in [5, 5.41) is 16.1. The number of fused-ring (bicyclic) bond motifs is 2. The molecule has 8 nitrogen and oxygen atoms in total. The molecule has 152 valence electrons. The van der Waals surface area contributed by atoms with Crippen molar-refractivity contribution in [1.29, 1.82) is 0 Å². The SMILES string of the molecule is C[C@@H](Nc1ccn2ncc(C(=O)O)c2n1)c1c(F)c(F)cc2c1OC(C)(CN)C2. The second kappa shape index (κ2) is 6.66. The summed E-state index contributed by atoms with van der Waals surface area (Å²) in [6.45, 7) is 3.62. The molecular formula is C19H19F2N5O3. The van der Waals surface area contributed by atoms with E-state index >= 15 is 0 Å². The Bertz CT molecular complexity index is 1130. The quantitative estimate of drug-likeness (QED) is 0.600. The maximum atomic E-state index is 14.7. The first-order valence-corrected chi connectivity index (χ1v) is 8.96. The number of carbonyl (C=O) groups is 1. The van der Waals surface area contributed by atoms with Crippen LogP contribution in [-0.2, 0) is 6.42 Å². The zero-order valence-corrected chi connectivity index (χ0v) is 15.7. The zero-order chi connectivity index (χ0) is 20.9. The summed E-state index contributed by atoms with van der Waals surface area (Å²) in [7, 11) is 0. The third-order valence-electron chi connectivity index (χ3n) is 5.02. The minimum atomic E-state index is -1.17. The van der Waals surface area contributed by atoms with Crippen LogP contribution in [0.25, 0.3) is 5.65 Å². The molecule has 1 aliphatic heterocycles. The molecule has 0 aliphatic carbocycles. The third kappa shape index (κ3) is 3.15. The lowest BCUT2D eigenvalue weighted by atomic mass is 9.96. The van der Waals surface area contributed by atoms with Gasteiger partial charge in [0.2, 0.25) is 0 Å². The Labute approximate surface area is 164 Å². The van der Waals surface area contributed by atoms with Gasteiger partial charge >= 0.3 is 5.97 Å². The maximum Gasteiger partial charge on any atom is 0.341 e. The highest BCUT2D eigenvalue weighted by Gasteiger charge is 2.38. The molecule has 2 atom stereocenters. The van der Waals surface area contributed by atoms with Crippen molar-refractivity contribution in [2.45, 2.75) is 31.9 Å². The summed E-state index contributed by atoms with van der Waals surface area (Å²) in [6, 6.07) is 1.98. The van der Waals surface area contributed by atoms with E-state index < -0.39 is 29.2 Å². The van der Waals surface area contributed by atoms with Gasteiger partial charge in [0.05, 0.1) is 17.8 Å². The van der Waals surface area contributed by atoms with E-state index in [2.05, 4.69) is 15.4 Å². The van der Waals surface area contributed by atoms with Crippen molar-refractivity contribution in [3.05, 3.63) is 52.9 Å². The largest absolute Gasteiger partial charge is 0.485 e. The van der Waals surface area contributed by atoms with Crippen molar-refractivity contribution in [2.75, 3.05) is 11.9 Å². The average molecular weight is 403 g/mol. The number of aromatic carboxylic acids is 1. The molecule has 2 aromatic heterocycles. The zero-order valence-electron chi connectivity index (χ0n) is 15.7. The smallest absolute Gasteiger partial charge is 0.341 e. The van der Waals surface area contributed by atoms with E-state index in [-0.39, 0.29) is 34.9 Å². The van der Waals surface area contributed by atoms with Gasteiger partial charge in [0.25, 0.3) is 0 Å². The number of nitrogens with two attached hydrogens (primary N) is 1. The summed E-state index contributed by atoms with van der Waals surface area (Å²) in [4.78, 5) is 15.5. The van der Waals surface area contributed by atoms with Gasteiger partial charge < -0.3 is 20.9 Å². The minimum absolute atomic E-state index is 0.0332. The van der Waals surface area contributed by atoms with Gasteiger partial charge in [-0.2, -0.15) is 5.10 Å². The first-order chi connectivity index (χ1) is 13.7. The fraction of sp³-hybridized carbons (Fsp3) is 0.316. The number of benzene rings is 1. The molecule has 29 heavy (non-hydrogen) atoms. The van der Waals surface area contributed by atoms with Crippen LogP contribution in [0.5, 0.6) is 5.75 Å². The lowest BCUT2D eigenvalue weighted by Crippen LogP contribution is -2.39. The second-order valence-corrected chi connectivity index (χ2v) is 7.32. The highest BCUT2D eigenvalue weighted by Crippen LogP contribution is 2.42. The molecule has 0 fully saturated rings. The van der Waals surface area contributed by atoms with Gasteiger partial charge in [-0.1, -0.05) is 0 Å². The van der Waals surface area contributed by atoms with E-state index in [1.165, 1.54) is 16.9 Å². The Hall–Kier alpha value is -3.27. The van der Waals surface area contributed by atoms with Gasteiger partial charge in [-0.05, 0) is 26.0 Å². The summed E-state index contributed by atoms with van der Waals surface area (Å²) in [5.41, 5.74) is 5.67. The van der Waals surface area contributed by atoms with Crippen LogP contribution >= 0.6 is 0 Å². The van der Waals surface area contributed by atoms with E-state index in [4.69, 9.17) is 10.5 Å². The number of anilines is 1. The fourth-order valence-electron chi connectivity index (χ4n) is 3.52. The number of hydrogen-bond donors (Lipinski definition) is 3. The van der Waals surface area contributed by atoms with E-state index in [0.29, 0.717) is 12.0 Å². The minimum Gasteiger partial charge on any atom is -0.485 e. The molecule has 0 saturated carbocycles. The summed E-state index contributed by atoms with van der Waals surface area (Å²) in [6.07, 6.45) is 3.09. The normalized spacial score (nSPS) is 19.1. The summed E-state index contributed by atoms with van der Waals surface area (Å²) in [5.74, 6) is -2.59. The Morgan fingerprint density at radius 3 is 2.97 bits per heavy atom. The highest BCUT2D eigenvalue weighted by molar-refractivity contribution is 5.94. The van der Waals surface area contributed by atoms with Crippen LogP contribution in [0, 0.1) is 11.6 Å². The maximum absolute atomic E-state index is 14.7. The fourth-order valence-corrected chi connectivity index (χ4v) is 3.52. The monoisotopic (exact) mass is 403 g/mol. The molecule has 1 aliphatic rings. The van der Waals surface area contributed by atoms with Crippen molar-refractivity contribution in [3.63, 3.8) is 0 Å². The number of carboxylic acid groups (broad SMARTS) is 1. The summed E-state index contributed by atoms with van der Waals surface area (Å²) < 4.78 is 36.1. The van der Waals surface area contributed by atoms with Gasteiger partial charge in [-0.3, -0.25) is 0 Å². The molecule has 0 amide bonds. The van der Waals surface area contributed by atoms with Gasteiger partial charge in [0.15, 0.2) is 17.3 Å². The van der Waals surface area contributed by atoms with Crippen LogP contribution in [0.2, 0.25) is 0 Å². The number of hydrogen-bond acceptors (Lipinski definition) is 6. The molecule has 3 heterocycles. The van der Waals surface area contributed by atoms with E-state index in [9.17, 15) is 18.7 Å². The average Bonchev–Trinajstić information content (AvgIpc) is 3.23. The van der Waals surface area contributed by atoms with E-state index in [0.717, 1.165) is 6.07 Å². The number of ether oxygens (including phenoxy) is 1. The van der Waals surface area contributed by atoms with Crippen molar-refractivity contribution in [3.8, 4) is 5.75 Å². The predicted octanol–water partition coefficient (Wildman–Crippen LogP) is 2.53. The molecule has 1 unspecified atom stereocenters. The number of nitrogens with one attached hydrogen (secondary N) is 1. The van der Waals surface area contributed by atoms with Gasteiger partial charge in [0, 0.05) is 24.7 Å². The number of nitrogens with zero attached hydrogens (tertiary/aromatic N) is 3. The van der Waals surface area contributed by atoms with E-state index in [1.54, 1.807) is 19.9 Å². The van der Waals surface area contributed by atoms with Crippen LogP contribution in [-0.4, -0.2) is 37.8 Å². The Kier molecular flexibility index (Phi) is 4.38. The Balaban J connectivity index is 1.71. The number of aromatic nitrogens is 3. The number of halogens is 2. The lowest BCUT2D eigenvalue weighted by molar-refractivity contribution is 0.0698. The van der Waals surface area contributed by atoms with Crippen LogP contribution in [0.15, 0.2) is 24.5 Å². The molecule has 4 rings (SSSR count). The van der Waals surface area contributed by atoms with Crippen LogP contribution in [0.4, 0.5) is 14.6 Å². The molecular weight excluding hydrogens is 384 g/mol. The molecule has 10 heteroatoms. The Morgan fingerprint density at radius 2 is 2.28 bits per heavy atom. The number of carboxylic acids is 1. The molecule has 4 N–H and O–H groups in total. The van der Waals surface area contributed by atoms with Crippen molar-refractivity contribution in [1.82, 2.24) is 14.6 Å². The third-order valence-corrected chi connectivity index (χ3v) is 5.02. The lowest BCUT2D eigenvalue weighted by Gasteiger charge is -2.24. The summed E-state index contributed by atoms with van der Waals surface area (Å²) >= 11 is 0. The second-order valence-electron chi connectivity index (χ2n) is 7.32. The Morgan fingerprint density at radius 1 is 1.52 bits per heavy atom. The topological polar surface area (TPSA) is 115 Å². The van der Waals surface area contributed by atoms with Crippen LogP contribution < -0.4 is 15.8 Å². The van der Waals surface area contributed by atoms with Crippen molar-refractivity contribution >= 4 is 17.4 Å². The number of rotatable bonds is 5. The highest BCUT2D eigenvalue weighted by atomic mass is 19.2. The van der Waals surface area contributed by atoms with Gasteiger partial charge in [-0.25, -0.2) is 23.1 Å². The standard InChI is InChI=1S/C19H19F2N5O3/c1-9(24-13-3-4-26-17(25-13)11(7-23-26)18(27)28)14-15(21)12(20)5-10-6-19(2,8-22)29-16(10)14/h3-5,7,9H,6,8,22H2,1-2H3,(H,24,25)(H,27,28)/t9-,19?/m1/s1. The van der Waals surface area contributed by atoms with Crippen molar-refractivity contribution < 1.29 is 23.4 Å².